The van der Waals surface area contributed by atoms with Crippen LogP contribution < -0.4 is 5.73 Å². The van der Waals surface area contributed by atoms with Gasteiger partial charge in [-0.1, -0.05) is 30.3 Å². The van der Waals surface area contributed by atoms with E-state index in [1.165, 1.54) is 12.1 Å². The molecule has 0 radical (unpaired) electrons. The summed E-state index contributed by atoms with van der Waals surface area (Å²) < 4.78 is 15.4. The molecule has 0 bridgehead atoms. The molecule has 21 heavy (non-hydrogen) atoms. The Labute approximate surface area is 122 Å². The van der Waals surface area contributed by atoms with Crippen LogP contribution in [0.2, 0.25) is 0 Å². The van der Waals surface area contributed by atoms with Crippen LogP contribution in [0.25, 0.3) is 16.8 Å². The van der Waals surface area contributed by atoms with Crippen molar-refractivity contribution in [3.63, 3.8) is 0 Å². The van der Waals surface area contributed by atoms with E-state index in [0.717, 1.165) is 16.7 Å². The van der Waals surface area contributed by atoms with Crippen LogP contribution in [0.4, 0.5) is 4.39 Å². The summed E-state index contributed by atoms with van der Waals surface area (Å²) in [5, 5.41) is 4.32. The molecule has 0 fully saturated rings. The fourth-order valence-corrected chi connectivity index (χ4v) is 2.32. The summed E-state index contributed by atoms with van der Waals surface area (Å²) in [6.45, 7) is 0.497. The normalized spacial score (nSPS) is 10.8. The van der Waals surface area contributed by atoms with E-state index < -0.39 is 0 Å². The summed E-state index contributed by atoms with van der Waals surface area (Å²) in [6.07, 6.45) is 4.33. The number of rotatable bonds is 4. The van der Waals surface area contributed by atoms with E-state index in [4.69, 9.17) is 5.73 Å². The van der Waals surface area contributed by atoms with Crippen molar-refractivity contribution in [1.82, 2.24) is 9.78 Å². The maximum atomic E-state index is 13.7. The molecule has 1 aromatic heterocycles. The van der Waals surface area contributed by atoms with E-state index >= 15 is 0 Å². The Hall–Kier alpha value is -2.46. The fourth-order valence-electron chi connectivity index (χ4n) is 2.32. The number of nitrogens with zero attached hydrogens (tertiary/aromatic N) is 2. The maximum Gasteiger partial charge on any atom is 0.125 e. The molecule has 2 N–H and O–H groups in total. The van der Waals surface area contributed by atoms with Gasteiger partial charge in [-0.2, -0.15) is 5.10 Å². The minimum absolute atomic E-state index is 0.271. The Kier molecular flexibility index (Phi) is 3.79. The van der Waals surface area contributed by atoms with E-state index in [1.54, 1.807) is 10.9 Å². The van der Waals surface area contributed by atoms with Gasteiger partial charge < -0.3 is 5.73 Å². The number of halogens is 1. The molecule has 106 valence electrons. The Morgan fingerprint density at radius 3 is 2.62 bits per heavy atom. The summed E-state index contributed by atoms with van der Waals surface area (Å²) in [6, 6.07) is 14.9. The van der Waals surface area contributed by atoms with Crippen LogP contribution in [-0.4, -0.2) is 16.3 Å². The number of nitrogens with two attached hydrogens (primary N) is 1. The molecule has 0 aliphatic carbocycles. The van der Waals surface area contributed by atoms with Crippen molar-refractivity contribution in [1.29, 1.82) is 0 Å². The lowest BCUT2D eigenvalue weighted by molar-refractivity contribution is 0.622. The molecule has 0 atom stereocenters. The molecule has 3 aromatic rings. The first-order chi connectivity index (χ1) is 10.3. The zero-order valence-corrected chi connectivity index (χ0v) is 11.5. The molecule has 4 heteroatoms. The van der Waals surface area contributed by atoms with Crippen LogP contribution in [0.3, 0.4) is 0 Å². The van der Waals surface area contributed by atoms with Crippen LogP contribution in [0.5, 0.6) is 0 Å². The monoisotopic (exact) mass is 281 g/mol. The highest BCUT2D eigenvalue weighted by atomic mass is 19.1. The molecule has 1 heterocycles. The van der Waals surface area contributed by atoms with Crippen LogP contribution in [0, 0.1) is 5.82 Å². The van der Waals surface area contributed by atoms with Crippen LogP contribution >= 0.6 is 0 Å². The number of aromatic nitrogens is 2. The zero-order chi connectivity index (χ0) is 14.7. The molecule has 2 aromatic carbocycles. The van der Waals surface area contributed by atoms with Crippen molar-refractivity contribution in [2.24, 2.45) is 5.73 Å². The lowest BCUT2D eigenvalue weighted by atomic mass is 10.1. The third-order valence-electron chi connectivity index (χ3n) is 3.33. The van der Waals surface area contributed by atoms with Gasteiger partial charge in [0.1, 0.15) is 5.82 Å². The van der Waals surface area contributed by atoms with E-state index in [2.05, 4.69) is 5.10 Å². The van der Waals surface area contributed by atoms with Crippen molar-refractivity contribution in [2.45, 2.75) is 6.42 Å². The molecule has 0 aliphatic heterocycles. The van der Waals surface area contributed by atoms with Crippen molar-refractivity contribution < 1.29 is 4.39 Å². The molecule has 0 saturated carbocycles. The van der Waals surface area contributed by atoms with Gasteiger partial charge in [-0.15, -0.1) is 0 Å². The lowest BCUT2D eigenvalue weighted by Gasteiger charge is -2.05. The molecule has 0 saturated heterocycles. The van der Waals surface area contributed by atoms with Gasteiger partial charge in [-0.25, -0.2) is 9.07 Å². The summed E-state index contributed by atoms with van der Waals surface area (Å²) in [4.78, 5) is 0. The molecule has 0 aliphatic rings. The van der Waals surface area contributed by atoms with Crippen LogP contribution in [0.15, 0.2) is 60.9 Å². The number of hydrogen-bond donors (Lipinski definition) is 1. The zero-order valence-electron chi connectivity index (χ0n) is 11.5. The third kappa shape index (κ3) is 3.01. The Morgan fingerprint density at radius 2 is 1.86 bits per heavy atom. The maximum absolute atomic E-state index is 13.7. The van der Waals surface area contributed by atoms with E-state index in [-0.39, 0.29) is 5.82 Å². The Morgan fingerprint density at radius 1 is 1.05 bits per heavy atom. The number of benzene rings is 2. The molecule has 0 unspecified atom stereocenters. The first kappa shape index (κ1) is 13.5. The molecular weight excluding hydrogens is 265 g/mol. The summed E-state index contributed by atoms with van der Waals surface area (Å²) in [7, 11) is 0. The minimum Gasteiger partial charge on any atom is -0.330 e. The van der Waals surface area contributed by atoms with Gasteiger partial charge in [-0.05, 0) is 42.3 Å². The minimum atomic E-state index is -0.271. The summed E-state index contributed by atoms with van der Waals surface area (Å²) in [5.41, 5.74) is 9.21. The second kappa shape index (κ2) is 5.89. The van der Waals surface area contributed by atoms with Gasteiger partial charge in [0.25, 0.3) is 0 Å². The van der Waals surface area contributed by atoms with Gasteiger partial charge in [0, 0.05) is 11.8 Å². The quantitative estimate of drug-likeness (QED) is 0.798. The second-order valence-corrected chi connectivity index (χ2v) is 4.90. The number of hydrogen-bond acceptors (Lipinski definition) is 2. The first-order valence-electron chi connectivity index (χ1n) is 6.86. The molecular formula is C17H16FN3. The lowest BCUT2D eigenvalue weighted by Crippen LogP contribution is -2.04. The van der Waals surface area contributed by atoms with Crippen LogP contribution in [-0.2, 0) is 6.42 Å². The van der Waals surface area contributed by atoms with Gasteiger partial charge in [0.05, 0.1) is 11.9 Å². The highest BCUT2D eigenvalue weighted by Crippen LogP contribution is 2.20. The van der Waals surface area contributed by atoms with E-state index in [9.17, 15) is 4.39 Å². The van der Waals surface area contributed by atoms with Crippen molar-refractivity contribution in [3.05, 3.63) is 72.3 Å². The first-order valence-corrected chi connectivity index (χ1v) is 6.86. The molecule has 3 rings (SSSR count). The smallest absolute Gasteiger partial charge is 0.125 e. The van der Waals surface area contributed by atoms with E-state index in [0.29, 0.717) is 18.7 Å². The summed E-state index contributed by atoms with van der Waals surface area (Å²) in [5.74, 6) is -0.271. The summed E-state index contributed by atoms with van der Waals surface area (Å²) >= 11 is 0. The van der Waals surface area contributed by atoms with Gasteiger partial charge in [0.15, 0.2) is 0 Å². The van der Waals surface area contributed by atoms with Crippen LogP contribution in [0.1, 0.15) is 5.56 Å². The highest BCUT2D eigenvalue weighted by Gasteiger charge is 2.06. The largest absolute Gasteiger partial charge is 0.330 e. The average molecular weight is 281 g/mol. The Bertz CT molecular complexity index is 735. The topological polar surface area (TPSA) is 43.8 Å². The van der Waals surface area contributed by atoms with Gasteiger partial charge in [0.2, 0.25) is 0 Å². The molecule has 0 amide bonds. The van der Waals surface area contributed by atoms with Crippen molar-refractivity contribution >= 4 is 0 Å². The standard InChI is InChI=1S/C17H16FN3/c18-16-8-13(6-7-19)9-17(10-16)21-12-15(11-20-21)14-4-2-1-3-5-14/h1-5,8-12H,6-7,19H2. The molecule has 3 nitrogen and oxygen atoms in total. The van der Waals surface area contributed by atoms with Crippen molar-refractivity contribution in [2.75, 3.05) is 6.54 Å². The predicted molar refractivity (Wildman–Crippen MR) is 81.7 cm³/mol. The second-order valence-electron chi connectivity index (χ2n) is 4.90. The molecule has 0 spiro atoms. The van der Waals surface area contributed by atoms with Gasteiger partial charge >= 0.3 is 0 Å². The Balaban J connectivity index is 1.96. The van der Waals surface area contributed by atoms with Gasteiger partial charge in [-0.3, -0.25) is 0 Å². The predicted octanol–water partition coefficient (Wildman–Crippen LogP) is 3.18. The average Bonchev–Trinajstić information content (AvgIpc) is 2.98. The SMILES string of the molecule is NCCc1cc(F)cc(-n2cc(-c3ccccc3)cn2)c1. The van der Waals surface area contributed by atoms with Crippen molar-refractivity contribution in [3.8, 4) is 16.8 Å². The highest BCUT2D eigenvalue weighted by molar-refractivity contribution is 5.62. The fraction of sp³-hybridized carbons (Fsp3) is 0.118. The third-order valence-corrected chi connectivity index (χ3v) is 3.33. The van der Waals surface area contributed by atoms with E-state index in [1.807, 2.05) is 42.6 Å².